The summed E-state index contributed by atoms with van der Waals surface area (Å²) in [7, 11) is 0. The van der Waals surface area contributed by atoms with E-state index in [2.05, 4.69) is 31.4 Å². The zero-order valence-corrected chi connectivity index (χ0v) is 9.75. The van der Waals surface area contributed by atoms with Gasteiger partial charge in [-0.25, -0.2) is 10.8 Å². The van der Waals surface area contributed by atoms with E-state index < -0.39 is 6.29 Å². The van der Waals surface area contributed by atoms with Gasteiger partial charge < -0.3 is 10.2 Å². The van der Waals surface area contributed by atoms with Gasteiger partial charge in [0.05, 0.1) is 10.3 Å². The molecule has 0 aliphatic heterocycles. The maximum Gasteiger partial charge on any atom is 0.151 e. The van der Waals surface area contributed by atoms with Crippen LogP contribution in [0.5, 0.6) is 0 Å². The molecule has 0 amide bonds. The molecule has 0 aliphatic carbocycles. The molecule has 82 valence electrons. The largest absolute Gasteiger partial charge is 0.368 e. The number of rotatable bonds is 4. The average molecular weight is 236 g/mol. The molecule has 0 rings (SSSR count). The van der Waals surface area contributed by atoms with Crippen molar-refractivity contribution >= 4 is 34.8 Å². The van der Waals surface area contributed by atoms with Crippen LogP contribution in [0.4, 0.5) is 0 Å². The molecule has 0 atom stereocenters. The zero-order chi connectivity index (χ0) is 11.8. The molecule has 14 heavy (non-hydrogen) atoms. The van der Waals surface area contributed by atoms with E-state index >= 15 is 0 Å². The van der Waals surface area contributed by atoms with Crippen LogP contribution < -0.4 is 0 Å². The third-order valence-electron chi connectivity index (χ3n) is 1.07. The summed E-state index contributed by atoms with van der Waals surface area (Å²) in [6, 6.07) is 0. The van der Waals surface area contributed by atoms with E-state index in [1.54, 1.807) is 10.3 Å². The van der Waals surface area contributed by atoms with Crippen molar-refractivity contribution in [3.8, 4) is 0 Å². The lowest BCUT2D eigenvalue weighted by Gasteiger charge is -1.99. The Hall–Kier alpha value is -0.480. The standard InChI is InChI=1S/C6H14O2.2CHNS/c1-2-3-4-5-6(7)8;2*2-1-3/h6-8H,2-5H2,1H3;2*2H. The first-order chi connectivity index (χ1) is 6.60. The van der Waals surface area contributed by atoms with E-state index in [1.807, 2.05) is 0 Å². The fourth-order valence-corrected chi connectivity index (χ4v) is 0.577. The monoisotopic (exact) mass is 236 g/mol. The highest BCUT2D eigenvalue weighted by molar-refractivity contribution is 7.78. The Kier molecular flexibility index (Phi) is 31.3. The molecule has 4 N–H and O–H groups in total. The summed E-state index contributed by atoms with van der Waals surface area (Å²) in [5, 5.41) is 31.4. The smallest absolute Gasteiger partial charge is 0.151 e. The molecule has 6 heteroatoms. The highest BCUT2D eigenvalue weighted by Gasteiger charge is 1.93. The number of hydrogen-bond donors (Lipinski definition) is 4. The number of aliphatic hydroxyl groups excluding tert-OH is 1. The summed E-state index contributed by atoms with van der Waals surface area (Å²) in [5.41, 5.74) is 0. The van der Waals surface area contributed by atoms with Crippen molar-refractivity contribution in [3.05, 3.63) is 0 Å². The number of nitrogens with one attached hydrogen (secondary N) is 2. The zero-order valence-electron chi connectivity index (χ0n) is 8.12. The molecule has 0 aromatic carbocycles. The number of hydrogen-bond acceptors (Lipinski definition) is 6. The van der Waals surface area contributed by atoms with E-state index in [0.717, 1.165) is 19.3 Å². The maximum atomic E-state index is 8.33. The van der Waals surface area contributed by atoms with Crippen LogP contribution in [0.1, 0.15) is 32.6 Å². The molecule has 0 bridgehead atoms. The Morgan fingerprint density at radius 1 is 1.14 bits per heavy atom. The van der Waals surface area contributed by atoms with Crippen LogP contribution >= 0.6 is 24.4 Å². The third kappa shape index (κ3) is 62.4. The summed E-state index contributed by atoms with van der Waals surface area (Å²) in [4.78, 5) is 0. The highest BCUT2D eigenvalue weighted by Crippen LogP contribution is 1.99. The lowest BCUT2D eigenvalue weighted by Crippen LogP contribution is -2.02. The average Bonchev–Trinajstić information content (AvgIpc) is 2.07. The SMILES string of the molecule is CCCCCC(O)O.N=C=S.N=C=S. The summed E-state index contributed by atoms with van der Waals surface area (Å²) < 4.78 is 0. The Morgan fingerprint density at radius 2 is 1.50 bits per heavy atom. The first-order valence-electron chi connectivity index (χ1n) is 4.04. The van der Waals surface area contributed by atoms with Crippen LogP contribution in [0.3, 0.4) is 0 Å². The molecule has 4 nitrogen and oxygen atoms in total. The minimum atomic E-state index is -1.10. The van der Waals surface area contributed by atoms with Crippen molar-refractivity contribution < 1.29 is 10.2 Å². The minimum Gasteiger partial charge on any atom is -0.368 e. The summed E-state index contributed by atoms with van der Waals surface area (Å²) in [6.07, 6.45) is 2.58. The number of unbranched alkanes of at least 4 members (excludes halogenated alkanes) is 2. The van der Waals surface area contributed by atoms with Crippen LogP contribution in [0.2, 0.25) is 0 Å². The van der Waals surface area contributed by atoms with Crippen molar-refractivity contribution in [1.29, 1.82) is 10.8 Å². The Labute approximate surface area is 95.0 Å². The van der Waals surface area contributed by atoms with Crippen LogP contribution in [0, 0.1) is 10.8 Å². The van der Waals surface area contributed by atoms with Gasteiger partial charge in [-0.2, -0.15) is 0 Å². The molecule has 0 aromatic heterocycles. The van der Waals surface area contributed by atoms with Gasteiger partial charge in [0.1, 0.15) is 0 Å². The fourth-order valence-electron chi connectivity index (χ4n) is 0.577. The maximum absolute atomic E-state index is 8.33. The Bertz CT molecular complexity index is 151. The number of isothiocyanates is 2. The Morgan fingerprint density at radius 3 is 1.71 bits per heavy atom. The first-order valence-corrected chi connectivity index (χ1v) is 4.86. The van der Waals surface area contributed by atoms with E-state index in [1.165, 1.54) is 0 Å². The van der Waals surface area contributed by atoms with Gasteiger partial charge in [0.25, 0.3) is 0 Å². The molecular formula is C8H16N2O2S2. The molecule has 0 aliphatic rings. The lowest BCUT2D eigenvalue weighted by atomic mass is 10.2. The molecule has 0 unspecified atom stereocenters. The van der Waals surface area contributed by atoms with Gasteiger partial charge in [-0.15, -0.1) is 0 Å². The molecular weight excluding hydrogens is 220 g/mol. The molecule has 0 heterocycles. The van der Waals surface area contributed by atoms with Gasteiger partial charge in [-0.1, -0.05) is 19.8 Å². The highest BCUT2D eigenvalue weighted by atomic mass is 32.1. The molecule has 0 spiro atoms. The topological polar surface area (TPSA) is 88.2 Å². The third-order valence-corrected chi connectivity index (χ3v) is 1.07. The summed E-state index contributed by atoms with van der Waals surface area (Å²) in [6.45, 7) is 2.09. The number of aliphatic hydroxyl groups is 2. The summed E-state index contributed by atoms with van der Waals surface area (Å²) in [5.74, 6) is 0. The van der Waals surface area contributed by atoms with Crippen molar-refractivity contribution in [2.24, 2.45) is 0 Å². The molecule has 0 radical (unpaired) electrons. The minimum absolute atomic E-state index is 0.522. The van der Waals surface area contributed by atoms with Crippen molar-refractivity contribution in [1.82, 2.24) is 0 Å². The van der Waals surface area contributed by atoms with E-state index in [4.69, 9.17) is 21.0 Å². The second kappa shape index (κ2) is 22.9. The van der Waals surface area contributed by atoms with Gasteiger partial charge in [0.15, 0.2) is 6.29 Å². The van der Waals surface area contributed by atoms with Crippen LogP contribution in [-0.4, -0.2) is 26.8 Å². The Balaban J connectivity index is -0.000000168. The second-order valence-electron chi connectivity index (χ2n) is 2.18. The summed E-state index contributed by atoms with van der Waals surface area (Å²) >= 11 is 7.62. The van der Waals surface area contributed by atoms with Crippen molar-refractivity contribution in [2.45, 2.75) is 38.9 Å². The van der Waals surface area contributed by atoms with Crippen LogP contribution in [-0.2, 0) is 0 Å². The van der Waals surface area contributed by atoms with Gasteiger partial charge in [0.2, 0.25) is 0 Å². The van der Waals surface area contributed by atoms with Crippen molar-refractivity contribution in [2.75, 3.05) is 0 Å². The van der Waals surface area contributed by atoms with E-state index in [0.29, 0.717) is 6.42 Å². The number of thiocarbonyl (C=S) groups is 2. The van der Waals surface area contributed by atoms with Crippen LogP contribution in [0.15, 0.2) is 0 Å². The predicted octanol–water partition coefficient (Wildman–Crippen LogP) is 2.21. The van der Waals surface area contributed by atoms with Crippen molar-refractivity contribution in [3.63, 3.8) is 0 Å². The molecule has 0 saturated heterocycles. The lowest BCUT2D eigenvalue weighted by molar-refractivity contribution is -0.0465. The molecule has 0 fully saturated rings. The van der Waals surface area contributed by atoms with Crippen LogP contribution in [0.25, 0.3) is 0 Å². The molecule has 0 saturated carbocycles. The van der Waals surface area contributed by atoms with Gasteiger partial charge in [-0.3, -0.25) is 0 Å². The van der Waals surface area contributed by atoms with E-state index in [9.17, 15) is 0 Å². The predicted molar refractivity (Wildman–Crippen MR) is 63.0 cm³/mol. The quantitative estimate of drug-likeness (QED) is 0.261. The van der Waals surface area contributed by atoms with Gasteiger partial charge in [0, 0.05) is 0 Å². The normalized spacial score (nSPS) is 7.14. The van der Waals surface area contributed by atoms with E-state index in [-0.39, 0.29) is 0 Å². The van der Waals surface area contributed by atoms with Gasteiger partial charge in [-0.05, 0) is 37.3 Å². The van der Waals surface area contributed by atoms with Gasteiger partial charge >= 0.3 is 0 Å². The first kappa shape index (κ1) is 19.1. The fraction of sp³-hybridized carbons (Fsp3) is 0.750. The molecule has 0 aromatic rings. The second-order valence-corrected chi connectivity index (χ2v) is 2.59.